The lowest BCUT2D eigenvalue weighted by Crippen LogP contribution is -2.34. The number of ether oxygens (including phenoxy) is 1. The summed E-state index contributed by atoms with van der Waals surface area (Å²) in [5, 5.41) is 2.92. The number of methoxy groups -OCH3 is 1. The van der Waals surface area contributed by atoms with Gasteiger partial charge in [-0.15, -0.1) is 0 Å². The predicted octanol–water partition coefficient (Wildman–Crippen LogP) is 2.01. The molecule has 0 saturated carbocycles. The summed E-state index contributed by atoms with van der Waals surface area (Å²) in [7, 11) is 1.69. The van der Waals surface area contributed by atoms with Gasteiger partial charge >= 0.3 is 0 Å². The van der Waals surface area contributed by atoms with Crippen LogP contribution in [0.1, 0.15) is 25.8 Å². The van der Waals surface area contributed by atoms with E-state index in [0.29, 0.717) is 19.1 Å². The minimum atomic E-state index is 0.0706. The lowest BCUT2D eigenvalue weighted by atomic mass is 10.0. The van der Waals surface area contributed by atoms with Crippen molar-refractivity contribution in [2.45, 2.75) is 32.7 Å². The number of aryl methyl sites for hydroxylation is 1. The summed E-state index contributed by atoms with van der Waals surface area (Å²) in [4.78, 5) is 13.7. The SMILES string of the molecule is COCCN(c1cc2c(cc1N)CCC(=O)N2)C(C)C. The summed E-state index contributed by atoms with van der Waals surface area (Å²) in [6.07, 6.45) is 1.29. The molecule has 0 bridgehead atoms. The van der Waals surface area contributed by atoms with E-state index in [1.165, 1.54) is 0 Å². The number of rotatable bonds is 5. The zero-order valence-corrected chi connectivity index (χ0v) is 12.4. The van der Waals surface area contributed by atoms with E-state index >= 15 is 0 Å². The summed E-state index contributed by atoms with van der Waals surface area (Å²) in [6.45, 7) is 5.65. The average Bonchev–Trinajstić information content (AvgIpc) is 2.39. The first-order valence-electron chi connectivity index (χ1n) is 7.00. The third-order valence-electron chi connectivity index (χ3n) is 3.62. The first kappa shape index (κ1) is 14.7. The maximum absolute atomic E-state index is 11.5. The zero-order chi connectivity index (χ0) is 14.7. The molecule has 1 aliphatic heterocycles. The van der Waals surface area contributed by atoms with E-state index in [2.05, 4.69) is 24.1 Å². The normalized spacial score (nSPS) is 14.1. The molecule has 3 N–H and O–H groups in total. The van der Waals surface area contributed by atoms with Crippen molar-refractivity contribution in [3.8, 4) is 0 Å². The van der Waals surface area contributed by atoms with Crippen LogP contribution in [0.15, 0.2) is 12.1 Å². The molecular weight excluding hydrogens is 254 g/mol. The molecule has 5 nitrogen and oxygen atoms in total. The van der Waals surface area contributed by atoms with Crippen LogP contribution in [-0.2, 0) is 16.0 Å². The molecule has 0 aromatic heterocycles. The van der Waals surface area contributed by atoms with Gasteiger partial charge in [0, 0.05) is 31.8 Å². The van der Waals surface area contributed by atoms with E-state index in [4.69, 9.17) is 10.5 Å². The van der Waals surface area contributed by atoms with Gasteiger partial charge in [-0.05, 0) is 38.0 Å². The molecule has 1 aromatic rings. The second-order valence-electron chi connectivity index (χ2n) is 5.40. The molecule has 0 atom stereocenters. The molecular formula is C15H23N3O2. The van der Waals surface area contributed by atoms with Gasteiger partial charge in [-0.2, -0.15) is 0 Å². The number of hydrogen-bond donors (Lipinski definition) is 2. The highest BCUT2D eigenvalue weighted by Gasteiger charge is 2.20. The Morgan fingerprint density at radius 2 is 2.15 bits per heavy atom. The first-order chi connectivity index (χ1) is 9.52. The Balaban J connectivity index is 2.34. The molecule has 5 heteroatoms. The molecule has 0 radical (unpaired) electrons. The van der Waals surface area contributed by atoms with Gasteiger partial charge in [0.15, 0.2) is 0 Å². The van der Waals surface area contributed by atoms with Crippen LogP contribution in [0, 0.1) is 0 Å². The van der Waals surface area contributed by atoms with E-state index in [1.54, 1.807) is 7.11 Å². The third-order valence-corrected chi connectivity index (χ3v) is 3.62. The predicted molar refractivity (Wildman–Crippen MR) is 82.2 cm³/mol. The van der Waals surface area contributed by atoms with Crippen molar-refractivity contribution in [2.24, 2.45) is 0 Å². The molecule has 0 unspecified atom stereocenters. The third kappa shape index (κ3) is 3.04. The Morgan fingerprint density at radius 1 is 1.40 bits per heavy atom. The van der Waals surface area contributed by atoms with Crippen LogP contribution in [-0.4, -0.2) is 32.2 Å². The van der Waals surface area contributed by atoms with E-state index < -0.39 is 0 Å². The van der Waals surface area contributed by atoms with Crippen molar-refractivity contribution in [2.75, 3.05) is 36.2 Å². The van der Waals surface area contributed by atoms with Crippen molar-refractivity contribution in [3.05, 3.63) is 17.7 Å². The van der Waals surface area contributed by atoms with Gasteiger partial charge in [0.2, 0.25) is 5.91 Å². The number of nitrogens with zero attached hydrogens (tertiary/aromatic N) is 1. The molecule has 1 amide bonds. The second kappa shape index (κ2) is 6.13. The van der Waals surface area contributed by atoms with Crippen LogP contribution in [0.2, 0.25) is 0 Å². The van der Waals surface area contributed by atoms with Crippen LogP contribution in [0.4, 0.5) is 17.1 Å². The van der Waals surface area contributed by atoms with Gasteiger partial charge < -0.3 is 20.7 Å². The number of amides is 1. The molecule has 0 aliphatic carbocycles. The Kier molecular flexibility index (Phi) is 4.49. The largest absolute Gasteiger partial charge is 0.397 e. The van der Waals surface area contributed by atoms with Crippen LogP contribution in [0.25, 0.3) is 0 Å². The molecule has 0 fully saturated rings. The summed E-state index contributed by atoms with van der Waals surface area (Å²) < 4.78 is 5.16. The topological polar surface area (TPSA) is 67.6 Å². The van der Waals surface area contributed by atoms with Crippen LogP contribution < -0.4 is 16.0 Å². The quantitative estimate of drug-likeness (QED) is 0.808. The number of carbonyl (C=O) groups is 1. The molecule has 1 heterocycles. The van der Waals surface area contributed by atoms with Gasteiger partial charge in [-0.25, -0.2) is 0 Å². The van der Waals surface area contributed by atoms with Crippen LogP contribution in [0.5, 0.6) is 0 Å². The molecule has 0 spiro atoms. The van der Waals surface area contributed by atoms with Gasteiger partial charge in [-0.1, -0.05) is 0 Å². The van der Waals surface area contributed by atoms with Gasteiger partial charge in [-0.3, -0.25) is 4.79 Å². The van der Waals surface area contributed by atoms with Crippen molar-refractivity contribution in [1.82, 2.24) is 0 Å². The number of fused-ring (bicyclic) bond motifs is 1. The van der Waals surface area contributed by atoms with Crippen LogP contribution in [0.3, 0.4) is 0 Å². The lowest BCUT2D eigenvalue weighted by Gasteiger charge is -2.31. The molecule has 1 aromatic carbocycles. The molecule has 2 rings (SSSR count). The zero-order valence-electron chi connectivity index (χ0n) is 12.4. The lowest BCUT2D eigenvalue weighted by molar-refractivity contribution is -0.116. The molecule has 0 saturated heterocycles. The number of nitrogen functional groups attached to an aromatic ring is 1. The number of anilines is 3. The van der Waals surface area contributed by atoms with Gasteiger partial charge in [0.05, 0.1) is 18.0 Å². The van der Waals surface area contributed by atoms with E-state index in [9.17, 15) is 4.79 Å². The van der Waals surface area contributed by atoms with Crippen molar-refractivity contribution >= 4 is 23.0 Å². The van der Waals surface area contributed by atoms with Crippen molar-refractivity contribution < 1.29 is 9.53 Å². The Hall–Kier alpha value is -1.75. The highest BCUT2D eigenvalue weighted by Crippen LogP contribution is 2.34. The molecule has 110 valence electrons. The number of carbonyl (C=O) groups excluding carboxylic acids is 1. The fraction of sp³-hybridized carbons (Fsp3) is 0.533. The number of hydrogen-bond acceptors (Lipinski definition) is 4. The van der Waals surface area contributed by atoms with E-state index in [1.807, 2.05) is 12.1 Å². The highest BCUT2D eigenvalue weighted by atomic mass is 16.5. The smallest absolute Gasteiger partial charge is 0.224 e. The fourth-order valence-corrected chi connectivity index (χ4v) is 2.53. The highest BCUT2D eigenvalue weighted by molar-refractivity contribution is 5.95. The maximum Gasteiger partial charge on any atom is 0.224 e. The summed E-state index contributed by atoms with van der Waals surface area (Å²) >= 11 is 0. The molecule has 20 heavy (non-hydrogen) atoms. The van der Waals surface area contributed by atoms with Crippen molar-refractivity contribution in [1.29, 1.82) is 0 Å². The van der Waals surface area contributed by atoms with E-state index in [0.717, 1.165) is 35.6 Å². The standard InChI is InChI=1S/C15H23N3O2/c1-10(2)18(6-7-20-3)14-9-13-11(8-12(14)16)4-5-15(19)17-13/h8-10H,4-7,16H2,1-3H3,(H,17,19). The maximum atomic E-state index is 11.5. The van der Waals surface area contributed by atoms with Gasteiger partial charge in [0.25, 0.3) is 0 Å². The number of benzene rings is 1. The Morgan fingerprint density at radius 3 is 2.80 bits per heavy atom. The summed E-state index contributed by atoms with van der Waals surface area (Å²) in [5.74, 6) is 0.0706. The monoisotopic (exact) mass is 277 g/mol. The average molecular weight is 277 g/mol. The second-order valence-corrected chi connectivity index (χ2v) is 5.40. The Labute approximate surface area is 120 Å². The summed E-state index contributed by atoms with van der Waals surface area (Å²) in [6, 6.07) is 4.27. The van der Waals surface area contributed by atoms with Crippen molar-refractivity contribution in [3.63, 3.8) is 0 Å². The number of nitrogens with two attached hydrogens (primary N) is 1. The van der Waals surface area contributed by atoms with Gasteiger partial charge in [0.1, 0.15) is 0 Å². The van der Waals surface area contributed by atoms with Crippen LogP contribution >= 0.6 is 0 Å². The minimum Gasteiger partial charge on any atom is -0.397 e. The minimum absolute atomic E-state index is 0.0706. The summed E-state index contributed by atoms with van der Waals surface area (Å²) in [5.41, 5.74) is 9.90. The molecule has 1 aliphatic rings. The number of nitrogens with one attached hydrogen (secondary N) is 1. The first-order valence-corrected chi connectivity index (χ1v) is 7.00. The Bertz CT molecular complexity index is 500. The fourth-order valence-electron chi connectivity index (χ4n) is 2.53. The van der Waals surface area contributed by atoms with E-state index in [-0.39, 0.29) is 5.91 Å².